The maximum atomic E-state index is 12.8. The van der Waals surface area contributed by atoms with E-state index in [-0.39, 0.29) is 17.4 Å². The van der Waals surface area contributed by atoms with Gasteiger partial charge in [-0.15, -0.1) is 11.3 Å². The van der Waals surface area contributed by atoms with E-state index in [4.69, 9.17) is 0 Å². The average molecular weight is 318 g/mol. The maximum Gasteiger partial charge on any atom is 0.264 e. The fourth-order valence-electron chi connectivity index (χ4n) is 3.73. The molecule has 2 saturated heterocycles. The van der Waals surface area contributed by atoms with Gasteiger partial charge in [0.05, 0.1) is 4.88 Å². The highest BCUT2D eigenvalue weighted by Gasteiger charge is 2.46. The Labute approximate surface area is 135 Å². The van der Waals surface area contributed by atoms with Crippen molar-refractivity contribution in [3.63, 3.8) is 0 Å². The summed E-state index contributed by atoms with van der Waals surface area (Å²) >= 11 is 1.57. The van der Waals surface area contributed by atoms with Gasteiger partial charge in [-0.25, -0.2) is 0 Å². The Balaban J connectivity index is 1.75. The molecule has 1 aromatic heterocycles. The van der Waals surface area contributed by atoms with Gasteiger partial charge in [0, 0.05) is 30.1 Å². The van der Waals surface area contributed by atoms with Gasteiger partial charge in [0.15, 0.2) is 0 Å². The Morgan fingerprint density at radius 3 is 2.55 bits per heavy atom. The molecular formula is C17H22N2O2S. The number of hydrogen-bond acceptors (Lipinski definition) is 3. The number of nitrogens with zero attached hydrogens (tertiary/aromatic N) is 2. The van der Waals surface area contributed by atoms with E-state index < -0.39 is 0 Å². The molecule has 0 aromatic carbocycles. The van der Waals surface area contributed by atoms with Gasteiger partial charge in [0.1, 0.15) is 0 Å². The molecule has 5 heteroatoms. The lowest BCUT2D eigenvalue weighted by molar-refractivity contribution is -0.128. The summed E-state index contributed by atoms with van der Waals surface area (Å²) in [6, 6.07) is 3.94. The van der Waals surface area contributed by atoms with Crippen LogP contribution in [0.5, 0.6) is 0 Å². The molecule has 2 amide bonds. The molecule has 3 heterocycles. The third-order valence-electron chi connectivity index (χ3n) is 4.97. The fourth-order valence-corrected chi connectivity index (χ4v) is 4.55. The van der Waals surface area contributed by atoms with Crippen LogP contribution in [0.25, 0.3) is 0 Å². The highest BCUT2D eigenvalue weighted by atomic mass is 32.1. The predicted octanol–water partition coefficient (Wildman–Crippen LogP) is 2.84. The van der Waals surface area contributed by atoms with Crippen molar-refractivity contribution in [1.82, 2.24) is 9.80 Å². The zero-order valence-electron chi connectivity index (χ0n) is 13.0. The first-order valence-electron chi connectivity index (χ1n) is 7.85. The second-order valence-electron chi connectivity index (χ2n) is 6.22. The highest BCUT2D eigenvalue weighted by molar-refractivity contribution is 7.13. The van der Waals surface area contributed by atoms with Gasteiger partial charge in [-0.1, -0.05) is 6.58 Å². The summed E-state index contributed by atoms with van der Waals surface area (Å²) in [6.07, 6.45) is 5.25. The Morgan fingerprint density at radius 2 is 1.95 bits per heavy atom. The van der Waals surface area contributed by atoms with E-state index in [1.54, 1.807) is 11.3 Å². The standard InChI is InChI=1S/C17H22N2O2S/c1-3-15(20)18-11-8-17(9-12-18)7-4-10-19(17)16(21)14-6-5-13(2)22-14/h3,5-6H,1,4,7-12H2,2H3. The summed E-state index contributed by atoms with van der Waals surface area (Å²) in [7, 11) is 0. The van der Waals surface area contributed by atoms with Gasteiger partial charge in [0.2, 0.25) is 5.91 Å². The van der Waals surface area contributed by atoms with Crippen molar-refractivity contribution in [3.8, 4) is 0 Å². The Morgan fingerprint density at radius 1 is 1.23 bits per heavy atom. The van der Waals surface area contributed by atoms with Gasteiger partial charge >= 0.3 is 0 Å². The van der Waals surface area contributed by atoms with Crippen LogP contribution in [0.2, 0.25) is 0 Å². The molecule has 2 aliphatic heterocycles. The molecule has 0 aliphatic carbocycles. The lowest BCUT2D eigenvalue weighted by Gasteiger charge is -2.44. The molecular weight excluding hydrogens is 296 g/mol. The normalized spacial score (nSPS) is 20.4. The quantitative estimate of drug-likeness (QED) is 0.787. The Kier molecular flexibility index (Phi) is 4.08. The van der Waals surface area contributed by atoms with Gasteiger partial charge in [0.25, 0.3) is 5.91 Å². The third-order valence-corrected chi connectivity index (χ3v) is 5.96. The number of carbonyl (C=O) groups is 2. The Bertz CT molecular complexity index is 600. The van der Waals surface area contributed by atoms with E-state index in [0.29, 0.717) is 0 Å². The van der Waals surface area contributed by atoms with E-state index in [9.17, 15) is 9.59 Å². The number of rotatable bonds is 2. The summed E-state index contributed by atoms with van der Waals surface area (Å²) in [5.74, 6) is 0.165. The second kappa shape index (κ2) is 5.88. The topological polar surface area (TPSA) is 40.6 Å². The average Bonchev–Trinajstić information content (AvgIpc) is 3.13. The van der Waals surface area contributed by atoms with Crippen molar-refractivity contribution in [2.45, 2.75) is 38.1 Å². The van der Waals surface area contributed by atoms with Crippen LogP contribution in [-0.2, 0) is 4.79 Å². The SMILES string of the molecule is C=CC(=O)N1CCC2(CCCN2C(=O)c2ccc(C)s2)CC1. The summed E-state index contributed by atoms with van der Waals surface area (Å²) in [5, 5.41) is 0. The molecule has 22 heavy (non-hydrogen) atoms. The van der Waals surface area contributed by atoms with Gasteiger partial charge in [-0.3, -0.25) is 9.59 Å². The van der Waals surface area contributed by atoms with Crippen LogP contribution >= 0.6 is 11.3 Å². The van der Waals surface area contributed by atoms with E-state index in [1.807, 2.05) is 24.0 Å². The molecule has 2 aliphatic rings. The minimum absolute atomic E-state index is 0.000366. The van der Waals surface area contributed by atoms with Crippen LogP contribution in [-0.4, -0.2) is 46.8 Å². The molecule has 0 bridgehead atoms. The number of piperidine rings is 1. The van der Waals surface area contributed by atoms with Crippen LogP contribution in [0.15, 0.2) is 24.8 Å². The van der Waals surface area contributed by atoms with Crippen LogP contribution < -0.4 is 0 Å². The van der Waals surface area contributed by atoms with Gasteiger partial charge in [-0.2, -0.15) is 0 Å². The third kappa shape index (κ3) is 2.58. The van der Waals surface area contributed by atoms with E-state index in [1.165, 1.54) is 11.0 Å². The summed E-state index contributed by atoms with van der Waals surface area (Å²) in [6.45, 7) is 7.86. The van der Waals surface area contributed by atoms with Crippen molar-refractivity contribution in [2.24, 2.45) is 0 Å². The van der Waals surface area contributed by atoms with Crippen LogP contribution in [0.1, 0.15) is 40.2 Å². The maximum absolute atomic E-state index is 12.8. The molecule has 1 spiro atoms. The molecule has 3 rings (SSSR count). The summed E-state index contributed by atoms with van der Waals surface area (Å²) in [4.78, 5) is 30.5. The fraction of sp³-hybridized carbons (Fsp3) is 0.529. The molecule has 2 fully saturated rings. The number of hydrogen-bond donors (Lipinski definition) is 0. The van der Waals surface area contributed by atoms with Gasteiger partial charge in [-0.05, 0) is 50.8 Å². The Hall–Kier alpha value is -1.62. The van der Waals surface area contributed by atoms with Gasteiger partial charge < -0.3 is 9.80 Å². The van der Waals surface area contributed by atoms with Crippen molar-refractivity contribution in [1.29, 1.82) is 0 Å². The number of thiophene rings is 1. The lowest BCUT2D eigenvalue weighted by Crippen LogP contribution is -2.54. The minimum atomic E-state index is -0.0487. The summed E-state index contributed by atoms with van der Waals surface area (Å²) < 4.78 is 0. The van der Waals surface area contributed by atoms with E-state index in [0.717, 1.165) is 50.2 Å². The monoisotopic (exact) mass is 318 g/mol. The number of carbonyl (C=O) groups excluding carboxylic acids is 2. The smallest absolute Gasteiger partial charge is 0.264 e. The zero-order chi connectivity index (χ0) is 15.7. The van der Waals surface area contributed by atoms with Crippen molar-refractivity contribution >= 4 is 23.2 Å². The van der Waals surface area contributed by atoms with Crippen molar-refractivity contribution in [3.05, 3.63) is 34.5 Å². The lowest BCUT2D eigenvalue weighted by atomic mass is 9.84. The number of aryl methyl sites for hydroxylation is 1. The number of amides is 2. The first-order chi connectivity index (χ1) is 10.6. The van der Waals surface area contributed by atoms with Crippen LogP contribution in [0, 0.1) is 6.92 Å². The molecule has 0 unspecified atom stereocenters. The van der Waals surface area contributed by atoms with Crippen molar-refractivity contribution in [2.75, 3.05) is 19.6 Å². The predicted molar refractivity (Wildman–Crippen MR) is 88.1 cm³/mol. The minimum Gasteiger partial charge on any atom is -0.339 e. The van der Waals surface area contributed by atoms with Crippen molar-refractivity contribution < 1.29 is 9.59 Å². The number of likely N-dealkylation sites (tertiary alicyclic amines) is 2. The summed E-state index contributed by atoms with van der Waals surface area (Å²) in [5.41, 5.74) is -0.0487. The van der Waals surface area contributed by atoms with Crippen LogP contribution in [0.3, 0.4) is 0 Å². The van der Waals surface area contributed by atoms with Crippen LogP contribution in [0.4, 0.5) is 0 Å². The molecule has 118 valence electrons. The zero-order valence-corrected chi connectivity index (χ0v) is 13.8. The highest BCUT2D eigenvalue weighted by Crippen LogP contribution is 2.39. The second-order valence-corrected chi connectivity index (χ2v) is 7.51. The van der Waals surface area contributed by atoms with E-state index in [2.05, 4.69) is 11.5 Å². The molecule has 1 aromatic rings. The largest absolute Gasteiger partial charge is 0.339 e. The molecule has 0 atom stereocenters. The molecule has 4 nitrogen and oxygen atoms in total. The first-order valence-corrected chi connectivity index (χ1v) is 8.67. The molecule has 0 N–H and O–H groups in total. The first kappa shape index (κ1) is 15.3. The van der Waals surface area contributed by atoms with E-state index >= 15 is 0 Å². The molecule has 0 radical (unpaired) electrons. The molecule has 0 saturated carbocycles.